The smallest absolute Gasteiger partial charge is 0.156 e. The highest BCUT2D eigenvalue weighted by molar-refractivity contribution is 6.37. The van der Waals surface area contributed by atoms with Gasteiger partial charge in [0.05, 0.1) is 10.0 Å². The molecule has 94 valence electrons. The Bertz CT molecular complexity index is 384. The molecule has 1 aromatic rings. The Labute approximate surface area is 111 Å². The predicted octanol–water partition coefficient (Wildman–Crippen LogP) is 3.05. The van der Waals surface area contributed by atoms with Crippen LogP contribution in [0, 0.1) is 0 Å². The molecule has 0 amide bonds. The Morgan fingerprint density at radius 1 is 1.35 bits per heavy atom. The summed E-state index contributed by atoms with van der Waals surface area (Å²) in [4.78, 5) is 2.29. The van der Waals surface area contributed by atoms with E-state index in [4.69, 9.17) is 33.7 Å². The van der Waals surface area contributed by atoms with Crippen molar-refractivity contribution in [2.45, 2.75) is 18.9 Å². The van der Waals surface area contributed by atoms with Gasteiger partial charge >= 0.3 is 0 Å². The second-order valence-corrected chi connectivity index (χ2v) is 5.19. The standard InChI is InChI=1S/C12H16Cl2N2O/c1-16(9-2-3-9)4-5-17-12-10(13)6-8(15)7-11(12)14/h6-7,9H,2-5,15H2,1H3. The lowest BCUT2D eigenvalue weighted by atomic mass is 10.3. The van der Waals surface area contributed by atoms with Crippen LogP contribution >= 0.6 is 23.2 Å². The quantitative estimate of drug-likeness (QED) is 0.839. The molecule has 0 atom stereocenters. The van der Waals surface area contributed by atoms with Crippen molar-refractivity contribution in [3.63, 3.8) is 0 Å². The average molecular weight is 275 g/mol. The molecular formula is C12H16Cl2N2O. The molecular weight excluding hydrogens is 259 g/mol. The summed E-state index contributed by atoms with van der Waals surface area (Å²) in [6.45, 7) is 1.46. The first-order valence-corrected chi connectivity index (χ1v) is 6.41. The molecule has 1 aliphatic carbocycles. The first-order valence-electron chi connectivity index (χ1n) is 5.65. The Kier molecular flexibility index (Phi) is 4.02. The van der Waals surface area contributed by atoms with Crippen LogP contribution in [0.3, 0.4) is 0 Å². The van der Waals surface area contributed by atoms with E-state index in [0.717, 1.165) is 12.6 Å². The molecule has 1 saturated carbocycles. The van der Waals surface area contributed by atoms with Gasteiger partial charge in [0.15, 0.2) is 5.75 Å². The molecule has 3 nitrogen and oxygen atoms in total. The highest BCUT2D eigenvalue weighted by Gasteiger charge is 2.25. The van der Waals surface area contributed by atoms with E-state index in [9.17, 15) is 0 Å². The van der Waals surface area contributed by atoms with Gasteiger partial charge in [-0.2, -0.15) is 0 Å². The number of anilines is 1. The Morgan fingerprint density at radius 2 is 1.94 bits per heavy atom. The van der Waals surface area contributed by atoms with Crippen molar-refractivity contribution < 1.29 is 4.74 Å². The fourth-order valence-electron chi connectivity index (χ4n) is 1.71. The molecule has 0 heterocycles. The van der Waals surface area contributed by atoms with E-state index < -0.39 is 0 Å². The third-order valence-corrected chi connectivity index (χ3v) is 3.44. The van der Waals surface area contributed by atoms with Crippen molar-refractivity contribution in [3.05, 3.63) is 22.2 Å². The van der Waals surface area contributed by atoms with Crippen molar-refractivity contribution in [2.24, 2.45) is 0 Å². The predicted molar refractivity (Wildman–Crippen MR) is 72.0 cm³/mol. The Balaban J connectivity index is 1.89. The van der Waals surface area contributed by atoms with Gasteiger partial charge in [-0.25, -0.2) is 0 Å². The molecule has 0 aliphatic heterocycles. The zero-order valence-electron chi connectivity index (χ0n) is 9.75. The second kappa shape index (κ2) is 5.34. The Hall–Kier alpha value is -0.640. The molecule has 1 fully saturated rings. The number of ether oxygens (including phenoxy) is 1. The summed E-state index contributed by atoms with van der Waals surface area (Å²) >= 11 is 12.0. The van der Waals surface area contributed by atoms with Gasteiger partial charge in [-0.05, 0) is 32.0 Å². The van der Waals surface area contributed by atoms with Crippen LogP contribution in [-0.2, 0) is 0 Å². The molecule has 0 unspecified atom stereocenters. The minimum atomic E-state index is 0.462. The number of rotatable bonds is 5. The highest BCUT2D eigenvalue weighted by Crippen LogP contribution is 2.35. The van der Waals surface area contributed by atoms with Crippen LogP contribution in [0.1, 0.15) is 12.8 Å². The zero-order valence-corrected chi connectivity index (χ0v) is 11.3. The molecule has 0 aromatic heterocycles. The van der Waals surface area contributed by atoms with Gasteiger partial charge < -0.3 is 15.4 Å². The summed E-state index contributed by atoms with van der Waals surface area (Å²) in [5.74, 6) is 0.520. The van der Waals surface area contributed by atoms with E-state index in [0.29, 0.717) is 28.1 Å². The minimum Gasteiger partial charge on any atom is -0.489 e. The molecule has 17 heavy (non-hydrogen) atoms. The molecule has 0 spiro atoms. The monoisotopic (exact) mass is 274 g/mol. The van der Waals surface area contributed by atoms with Gasteiger partial charge in [0.1, 0.15) is 6.61 Å². The lowest BCUT2D eigenvalue weighted by molar-refractivity contribution is 0.232. The largest absolute Gasteiger partial charge is 0.489 e. The summed E-state index contributed by atoms with van der Waals surface area (Å²) in [7, 11) is 2.10. The highest BCUT2D eigenvalue weighted by atomic mass is 35.5. The van der Waals surface area contributed by atoms with Crippen molar-refractivity contribution in [3.8, 4) is 5.75 Å². The van der Waals surface area contributed by atoms with Crippen LogP contribution in [0.25, 0.3) is 0 Å². The first kappa shape index (κ1) is 12.8. The summed E-state index contributed by atoms with van der Waals surface area (Å²) < 4.78 is 5.61. The molecule has 1 aliphatic rings. The van der Waals surface area contributed by atoms with E-state index in [1.165, 1.54) is 12.8 Å². The van der Waals surface area contributed by atoms with Crippen LogP contribution in [0.2, 0.25) is 10.0 Å². The van der Waals surface area contributed by atoms with E-state index in [-0.39, 0.29) is 0 Å². The van der Waals surface area contributed by atoms with E-state index in [1.54, 1.807) is 12.1 Å². The van der Waals surface area contributed by atoms with Gasteiger partial charge in [0.25, 0.3) is 0 Å². The molecule has 5 heteroatoms. The number of nitrogen functional groups attached to an aromatic ring is 1. The lowest BCUT2D eigenvalue weighted by Crippen LogP contribution is -2.26. The number of nitrogens with two attached hydrogens (primary N) is 1. The van der Waals surface area contributed by atoms with Crippen LogP contribution in [0.5, 0.6) is 5.75 Å². The van der Waals surface area contributed by atoms with Crippen LogP contribution in [0.15, 0.2) is 12.1 Å². The summed E-state index contributed by atoms with van der Waals surface area (Å²) in [5.41, 5.74) is 6.16. The molecule has 0 bridgehead atoms. The third kappa shape index (κ3) is 3.41. The van der Waals surface area contributed by atoms with Gasteiger partial charge in [-0.15, -0.1) is 0 Å². The van der Waals surface area contributed by atoms with Crippen molar-refractivity contribution in [1.82, 2.24) is 4.90 Å². The number of nitrogens with zero attached hydrogens (tertiary/aromatic N) is 1. The maximum Gasteiger partial charge on any atom is 0.156 e. The molecule has 1 aromatic carbocycles. The molecule has 0 saturated heterocycles. The van der Waals surface area contributed by atoms with Crippen molar-refractivity contribution in [2.75, 3.05) is 25.9 Å². The normalized spacial score (nSPS) is 15.3. The number of halogens is 2. The minimum absolute atomic E-state index is 0.462. The van der Waals surface area contributed by atoms with Crippen molar-refractivity contribution >= 4 is 28.9 Å². The third-order valence-electron chi connectivity index (χ3n) is 2.88. The maximum atomic E-state index is 6.02. The molecule has 0 radical (unpaired) electrons. The van der Waals surface area contributed by atoms with Gasteiger partial charge in [-0.1, -0.05) is 23.2 Å². The fraction of sp³-hybridized carbons (Fsp3) is 0.500. The average Bonchev–Trinajstić information content (AvgIpc) is 3.04. The van der Waals surface area contributed by atoms with Crippen LogP contribution in [-0.4, -0.2) is 31.1 Å². The van der Waals surface area contributed by atoms with Crippen LogP contribution in [0.4, 0.5) is 5.69 Å². The fourth-order valence-corrected chi connectivity index (χ4v) is 2.32. The van der Waals surface area contributed by atoms with Gasteiger partial charge in [0.2, 0.25) is 0 Å². The van der Waals surface area contributed by atoms with E-state index >= 15 is 0 Å². The second-order valence-electron chi connectivity index (χ2n) is 4.37. The first-order chi connectivity index (χ1) is 8.08. The lowest BCUT2D eigenvalue weighted by Gasteiger charge is -2.17. The molecule has 2 rings (SSSR count). The summed E-state index contributed by atoms with van der Waals surface area (Å²) in [5, 5.41) is 0.924. The number of benzene rings is 1. The molecule has 2 N–H and O–H groups in total. The van der Waals surface area contributed by atoms with E-state index in [1.807, 2.05) is 0 Å². The van der Waals surface area contributed by atoms with Gasteiger partial charge in [0, 0.05) is 18.3 Å². The number of hydrogen-bond acceptors (Lipinski definition) is 3. The zero-order chi connectivity index (χ0) is 12.4. The number of hydrogen-bond donors (Lipinski definition) is 1. The number of likely N-dealkylation sites (N-methyl/N-ethyl adjacent to an activating group) is 1. The van der Waals surface area contributed by atoms with Crippen molar-refractivity contribution in [1.29, 1.82) is 0 Å². The van der Waals surface area contributed by atoms with Crippen LogP contribution < -0.4 is 10.5 Å². The topological polar surface area (TPSA) is 38.5 Å². The summed E-state index contributed by atoms with van der Waals surface area (Å²) in [6, 6.07) is 4.02. The van der Waals surface area contributed by atoms with Gasteiger partial charge in [-0.3, -0.25) is 0 Å². The summed E-state index contributed by atoms with van der Waals surface area (Å²) in [6.07, 6.45) is 2.58. The Morgan fingerprint density at radius 3 is 2.47 bits per heavy atom. The SMILES string of the molecule is CN(CCOc1c(Cl)cc(N)cc1Cl)C1CC1. The van der Waals surface area contributed by atoms with E-state index in [2.05, 4.69) is 11.9 Å². The maximum absolute atomic E-state index is 6.02.